The number of hydrogen-bond donors (Lipinski definition) is 0. The first kappa shape index (κ1) is 11.6. The normalized spacial score (nSPS) is 11.5. The summed E-state index contributed by atoms with van der Waals surface area (Å²) < 4.78 is 51.6. The minimum Gasteiger partial charge on any atom is -0.253 e. The number of nitrogens with zero attached hydrogens (tertiary/aromatic N) is 1. The van der Waals surface area contributed by atoms with E-state index in [2.05, 4.69) is 4.98 Å². The average Bonchev–Trinajstić information content (AvgIpc) is 2.28. The molecule has 1 nitrogen and oxygen atoms in total. The summed E-state index contributed by atoms with van der Waals surface area (Å²) in [5.41, 5.74) is -1.43. The van der Waals surface area contributed by atoms with E-state index in [1.807, 2.05) is 0 Å². The molecule has 0 atom stereocenters. The number of alkyl halides is 3. The van der Waals surface area contributed by atoms with Gasteiger partial charge >= 0.3 is 6.18 Å². The van der Waals surface area contributed by atoms with Gasteiger partial charge in [-0.2, -0.15) is 13.2 Å². The van der Waals surface area contributed by atoms with Gasteiger partial charge in [-0.25, -0.2) is 4.39 Å². The molecule has 17 heavy (non-hydrogen) atoms. The van der Waals surface area contributed by atoms with Gasteiger partial charge in [0.2, 0.25) is 0 Å². The molecule has 2 rings (SSSR count). The van der Waals surface area contributed by atoms with Crippen molar-refractivity contribution in [2.24, 2.45) is 0 Å². The Hall–Kier alpha value is -1.91. The first-order valence-corrected chi connectivity index (χ1v) is 4.77. The van der Waals surface area contributed by atoms with Gasteiger partial charge in [-0.05, 0) is 18.2 Å². The van der Waals surface area contributed by atoms with Gasteiger partial charge in [-0.15, -0.1) is 0 Å². The van der Waals surface area contributed by atoms with Gasteiger partial charge in [-0.1, -0.05) is 18.2 Å². The Morgan fingerprint density at radius 2 is 1.65 bits per heavy atom. The van der Waals surface area contributed by atoms with Crippen molar-refractivity contribution in [1.29, 1.82) is 0 Å². The Kier molecular flexibility index (Phi) is 2.83. The Labute approximate surface area is 94.7 Å². The van der Waals surface area contributed by atoms with Crippen LogP contribution in [-0.4, -0.2) is 4.98 Å². The molecule has 0 bridgehead atoms. The highest BCUT2D eigenvalue weighted by atomic mass is 19.4. The van der Waals surface area contributed by atoms with Crippen LogP contribution in [0.25, 0.3) is 11.3 Å². The first-order valence-electron chi connectivity index (χ1n) is 4.77. The summed E-state index contributed by atoms with van der Waals surface area (Å²) >= 11 is 0. The van der Waals surface area contributed by atoms with Crippen LogP contribution in [0.3, 0.4) is 0 Å². The molecule has 1 aromatic heterocycles. The van der Waals surface area contributed by atoms with Crippen molar-refractivity contribution in [3.63, 3.8) is 0 Å². The zero-order chi connectivity index (χ0) is 12.5. The van der Waals surface area contributed by atoms with E-state index in [1.165, 1.54) is 30.5 Å². The van der Waals surface area contributed by atoms with E-state index in [1.54, 1.807) is 0 Å². The van der Waals surface area contributed by atoms with Crippen molar-refractivity contribution in [3.05, 3.63) is 54.0 Å². The van der Waals surface area contributed by atoms with Crippen molar-refractivity contribution in [2.75, 3.05) is 0 Å². The maximum atomic E-state index is 13.4. The zero-order valence-corrected chi connectivity index (χ0v) is 8.50. The highest BCUT2D eigenvalue weighted by Crippen LogP contribution is 2.36. The summed E-state index contributed by atoms with van der Waals surface area (Å²) in [6.45, 7) is 0. The fourth-order valence-electron chi connectivity index (χ4n) is 1.52. The highest BCUT2D eigenvalue weighted by Gasteiger charge is 2.34. The standard InChI is InChI=1S/C12H7F4N/c13-10-6-3-7-17-11(10)8-4-1-2-5-9(8)12(14,15)16/h1-7H. The highest BCUT2D eigenvalue weighted by molar-refractivity contribution is 5.64. The van der Waals surface area contributed by atoms with Gasteiger partial charge in [0.05, 0.1) is 5.56 Å². The van der Waals surface area contributed by atoms with Crippen LogP contribution in [0, 0.1) is 5.82 Å². The molecule has 88 valence electrons. The molecule has 0 N–H and O–H groups in total. The monoisotopic (exact) mass is 241 g/mol. The molecule has 2 aromatic rings. The molecule has 0 spiro atoms. The molecular weight excluding hydrogens is 234 g/mol. The Bertz CT molecular complexity index is 534. The number of pyridine rings is 1. The van der Waals surface area contributed by atoms with Gasteiger partial charge < -0.3 is 0 Å². The fraction of sp³-hybridized carbons (Fsp3) is 0.0833. The molecule has 0 aliphatic carbocycles. The molecule has 0 aliphatic heterocycles. The van der Waals surface area contributed by atoms with E-state index >= 15 is 0 Å². The maximum absolute atomic E-state index is 13.4. The summed E-state index contributed by atoms with van der Waals surface area (Å²) in [6.07, 6.45) is -3.27. The predicted octanol–water partition coefficient (Wildman–Crippen LogP) is 3.91. The second kappa shape index (κ2) is 4.16. The molecule has 5 heteroatoms. The molecule has 0 radical (unpaired) electrons. The minimum absolute atomic E-state index is 0.252. The summed E-state index contributed by atoms with van der Waals surface area (Å²) in [5.74, 6) is -0.774. The quantitative estimate of drug-likeness (QED) is 0.690. The smallest absolute Gasteiger partial charge is 0.253 e. The van der Waals surface area contributed by atoms with Crippen molar-refractivity contribution in [3.8, 4) is 11.3 Å². The molecule has 1 aromatic carbocycles. The molecule has 0 saturated carbocycles. The van der Waals surface area contributed by atoms with Crippen molar-refractivity contribution in [1.82, 2.24) is 4.98 Å². The molecule has 0 saturated heterocycles. The lowest BCUT2D eigenvalue weighted by atomic mass is 10.0. The Balaban J connectivity index is 2.65. The van der Waals surface area contributed by atoms with E-state index in [-0.39, 0.29) is 11.3 Å². The molecule has 0 fully saturated rings. The first-order chi connectivity index (χ1) is 8.00. The van der Waals surface area contributed by atoms with E-state index in [4.69, 9.17) is 0 Å². The van der Waals surface area contributed by atoms with E-state index in [9.17, 15) is 17.6 Å². The Morgan fingerprint density at radius 1 is 0.941 bits per heavy atom. The van der Waals surface area contributed by atoms with Gasteiger partial charge in [-0.3, -0.25) is 4.98 Å². The Morgan fingerprint density at radius 3 is 2.29 bits per heavy atom. The van der Waals surface area contributed by atoms with Crippen LogP contribution in [0.4, 0.5) is 17.6 Å². The number of benzene rings is 1. The van der Waals surface area contributed by atoms with Crippen LogP contribution in [-0.2, 0) is 6.18 Å². The third kappa shape index (κ3) is 2.27. The van der Waals surface area contributed by atoms with Crippen molar-refractivity contribution < 1.29 is 17.6 Å². The maximum Gasteiger partial charge on any atom is 0.417 e. The zero-order valence-electron chi connectivity index (χ0n) is 8.50. The van der Waals surface area contributed by atoms with Crippen LogP contribution >= 0.6 is 0 Å². The van der Waals surface area contributed by atoms with Gasteiger partial charge in [0.15, 0.2) is 0 Å². The number of rotatable bonds is 1. The molecule has 1 heterocycles. The van der Waals surface area contributed by atoms with Crippen LogP contribution in [0.1, 0.15) is 5.56 Å². The average molecular weight is 241 g/mol. The number of halogens is 4. The molecular formula is C12H7F4N. The van der Waals surface area contributed by atoms with E-state index in [0.717, 1.165) is 12.1 Å². The number of aromatic nitrogens is 1. The lowest BCUT2D eigenvalue weighted by molar-refractivity contribution is -0.137. The molecule has 0 unspecified atom stereocenters. The second-order valence-corrected chi connectivity index (χ2v) is 3.38. The second-order valence-electron chi connectivity index (χ2n) is 3.38. The SMILES string of the molecule is Fc1cccnc1-c1ccccc1C(F)(F)F. The van der Waals surface area contributed by atoms with Gasteiger partial charge in [0, 0.05) is 11.8 Å². The lowest BCUT2D eigenvalue weighted by Gasteiger charge is -2.12. The van der Waals surface area contributed by atoms with Gasteiger partial charge in [0.1, 0.15) is 11.5 Å². The minimum atomic E-state index is -4.53. The summed E-state index contributed by atoms with van der Waals surface area (Å²) in [4.78, 5) is 3.65. The number of hydrogen-bond acceptors (Lipinski definition) is 1. The molecule has 0 amide bonds. The summed E-state index contributed by atoms with van der Waals surface area (Å²) in [5, 5.41) is 0. The van der Waals surface area contributed by atoms with Crippen LogP contribution in [0.15, 0.2) is 42.6 Å². The predicted molar refractivity (Wildman–Crippen MR) is 54.6 cm³/mol. The third-order valence-corrected chi connectivity index (χ3v) is 2.25. The summed E-state index contributed by atoms with van der Waals surface area (Å²) in [7, 11) is 0. The van der Waals surface area contributed by atoms with Crippen LogP contribution < -0.4 is 0 Å². The lowest BCUT2D eigenvalue weighted by Crippen LogP contribution is -2.07. The van der Waals surface area contributed by atoms with E-state index < -0.39 is 17.6 Å². The van der Waals surface area contributed by atoms with E-state index in [0.29, 0.717) is 0 Å². The third-order valence-electron chi connectivity index (χ3n) is 2.25. The molecule has 0 aliphatic rings. The fourth-order valence-corrected chi connectivity index (χ4v) is 1.52. The van der Waals surface area contributed by atoms with Gasteiger partial charge in [0.25, 0.3) is 0 Å². The topological polar surface area (TPSA) is 12.9 Å². The summed E-state index contributed by atoms with van der Waals surface area (Å²) in [6, 6.07) is 7.19. The van der Waals surface area contributed by atoms with Crippen molar-refractivity contribution >= 4 is 0 Å². The van der Waals surface area contributed by atoms with Crippen LogP contribution in [0.2, 0.25) is 0 Å². The largest absolute Gasteiger partial charge is 0.417 e. The van der Waals surface area contributed by atoms with Crippen LogP contribution in [0.5, 0.6) is 0 Å². The van der Waals surface area contributed by atoms with Crippen molar-refractivity contribution in [2.45, 2.75) is 6.18 Å².